The standard InChI is InChI=1S/C12H12N2O4/c1-3-8(4-2)13-11-6-5-9(14(17)18)7-10(11)12(15)16/h1,5-8,13H,4H2,2H3,(H,15,16). The zero-order valence-corrected chi connectivity index (χ0v) is 9.71. The van der Waals surface area contributed by atoms with Crippen LogP contribution in [0.2, 0.25) is 0 Å². The van der Waals surface area contributed by atoms with Gasteiger partial charge in [-0.1, -0.05) is 12.8 Å². The Kier molecular flexibility index (Phi) is 4.27. The summed E-state index contributed by atoms with van der Waals surface area (Å²) in [6.45, 7) is 1.85. The minimum Gasteiger partial charge on any atom is -0.478 e. The van der Waals surface area contributed by atoms with E-state index >= 15 is 0 Å². The summed E-state index contributed by atoms with van der Waals surface area (Å²) in [5, 5.41) is 22.5. The highest BCUT2D eigenvalue weighted by atomic mass is 16.6. The molecule has 0 bridgehead atoms. The maximum Gasteiger partial charge on any atom is 0.338 e. The average Bonchev–Trinajstić information content (AvgIpc) is 2.35. The summed E-state index contributed by atoms with van der Waals surface area (Å²) in [5.41, 5.74) is -0.164. The van der Waals surface area contributed by atoms with Gasteiger partial charge in [-0.15, -0.1) is 6.42 Å². The van der Waals surface area contributed by atoms with Crippen LogP contribution in [-0.4, -0.2) is 22.0 Å². The fraction of sp³-hybridized carbons (Fsp3) is 0.250. The van der Waals surface area contributed by atoms with Gasteiger partial charge in [0.25, 0.3) is 5.69 Å². The van der Waals surface area contributed by atoms with Crippen molar-refractivity contribution in [1.29, 1.82) is 0 Å². The fourth-order valence-electron chi connectivity index (χ4n) is 1.40. The number of non-ortho nitro benzene ring substituents is 1. The van der Waals surface area contributed by atoms with E-state index in [1.165, 1.54) is 12.1 Å². The van der Waals surface area contributed by atoms with Gasteiger partial charge in [0, 0.05) is 12.1 Å². The Bertz CT molecular complexity index is 519. The van der Waals surface area contributed by atoms with Gasteiger partial charge in [0.1, 0.15) is 0 Å². The normalized spacial score (nSPS) is 11.3. The second-order valence-corrected chi connectivity index (χ2v) is 3.56. The molecule has 0 saturated carbocycles. The Hall–Kier alpha value is -2.55. The van der Waals surface area contributed by atoms with Crippen molar-refractivity contribution in [2.75, 3.05) is 5.32 Å². The van der Waals surface area contributed by atoms with Crippen molar-refractivity contribution in [1.82, 2.24) is 0 Å². The van der Waals surface area contributed by atoms with E-state index in [1.54, 1.807) is 0 Å². The van der Waals surface area contributed by atoms with Crippen LogP contribution in [0.4, 0.5) is 11.4 Å². The molecule has 1 rings (SSSR count). The number of carboxylic acids is 1. The Morgan fingerprint density at radius 3 is 2.78 bits per heavy atom. The van der Waals surface area contributed by atoms with Gasteiger partial charge in [-0.3, -0.25) is 10.1 Å². The molecule has 0 fully saturated rings. The first-order valence-corrected chi connectivity index (χ1v) is 5.24. The lowest BCUT2D eigenvalue weighted by Crippen LogP contribution is -2.18. The number of terminal acetylenes is 1. The summed E-state index contributed by atoms with van der Waals surface area (Å²) in [6, 6.07) is 3.28. The van der Waals surface area contributed by atoms with Crippen LogP contribution in [0.3, 0.4) is 0 Å². The molecule has 1 aromatic rings. The smallest absolute Gasteiger partial charge is 0.338 e. The summed E-state index contributed by atoms with van der Waals surface area (Å²) < 4.78 is 0. The number of nitro groups is 1. The van der Waals surface area contributed by atoms with Crippen molar-refractivity contribution in [2.45, 2.75) is 19.4 Å². The van der Waals surface area contributed by atoms with Crippen molar-refractivity contribution >= 4 is 17.3 Å². The van der Waals surface area contributed by atoms with Gasteiger partial charge in [0.05, 0.1) is 22.2 Å². The Labute approximate surface area is 104 Å². The Morgan fingerprint density at radius 1 is 1.67 bits per heavy atom. The molecule has 0 saturated heterocycles. The molecule has 18 heavy (non-hydrogen) atoms. The predicted octanol–water partition coefficient (Wildman–Crippen LogP) is 2.12. The van der Waals surface area contributed by atoms with E-state index < -0.39 is 10.9 Å². The molecule has 1 atom stereocenters. The van der Waals surface area contributed by atoms with E-state index in [4.69, 9.17) is 11.5 Å². The molecule has 1 unspecified atom stereocenters. The van der Waals surface area contributed by atoms with Gasteiger partial charge in [0.2, 0.25) is 0 Å². The number of carbonyl (C=O) groups is 1. The number of nitro benzene ring substituents is 1. The maximum absolute atomic E-state index is 11.0. The van der Waals surface area contributed by atoms with Gasteiger partial charge in [-0.25, -0.2) is 4.79 Å². The van der Waals surface area contributed by atoms with Crippen molar-refractivity contribution < 1.29 is 14.8 Å². The van der Waals surface area contributed by atoms with Crippen molar-refractivity contribution in [3.63, 3.8) is 0 Å². The molecule has 0 aliphatic rings. The first-order valence-electron chi connectivity index (χ1n) is 5.24. The second-order valence-electron chi connectivity index (χ2n) is 3.56. The van der Waals surface area contributed by atoms with Crippen LogP contribution in [0.5, 0.6) is 0 Å². The number of hydrogen-bond acceptors (Lipinski definition) is 4. The first-order chi connectivity index (χ1) is 8.49. The van der Waals surface area contributed by atoms with Crippen molar-refractivity contribution in [2.24, 2.45) is 0 Å². The highest BCUT2D eigenvalue weighted by molar-refractivity contribution is 5.95. The summed E-state index contributed by atoms with van der Waals surface area (Å²) in [7, 11) is 0. The predicted molar refractivity (Wildman–Crippen MR) is 66.6 cm³/mol. The van der Waals surface area contributed by atoms with Gasteiger partial charge >= 0.3 is 5.97 Å². The molecule has 94 valence electrons. The number of rotatable bonds is 5. The van der Waals surface area contributed by atoms with Crippen LogP contribution in [0.1, 0.15) is 23.7 Å². The molecule has 0 aliphatic heterocycles. The van der Waals surface area contributed by atoms with Gasteiger partial charge < -0.3 is 10.4 Å². The van der Waals surface area contributed by atoms with Crippen LogP contribution < -0.4 is 5.32 Å². The number of aromatic carboxylic acids is 1. The summed E-state index contributed by atoms with van der Waals surface area (Å²) in [4.78, 5) is 21.0. The molecule has 0 aliphatic carbocycles. The van der Waals surface area contributed by atoms with Gasteiger partial charge in [-0.2, -0.15) is 0 Å². The molecule has 6 heteroatoms. The summed E-state index contributed by atoms with van der Waals surface area (Å²) in [6.07, 6.45) is 5.88. The number of hydrogen-bond donors (Lipinski definition) is 2. The van der Waals surface area contributed by atoms with Gasteiger partial charge in [-0.05, 0) is 12.5 Å². The van der Waals surface area contributed by atoms with E-state index in [9.17, 15) is 14.9 Å². The molecule has 6 nitrogen and oxygen atoms in total. The van der Waals surface area contributed by atoms with Crippen LogP contribution in [0, 0.1) is 22.5 Å². The monoisotopic (exact) mass is 248 g/mol. The number of carboxylic acid groups (broad SMARTS) is 1. The summed E-state index contributed by atoms with van der Waals surface area (Å²) in [5.74, 6) is 1.22. The SMILES string of the molecule is C#CC(CC)Nc1ccc([N+](=O)[O-])cc1C(=O)O. The Morgan fingerprint density at radius 2 is 2.33 bits per heavy atom. The third-order valence-corrected chi connectivity index (χ3v) is 2.38. The third kappa shape index (κ3) is 2.98. The zero-order chi connectivity index (χ0) is 13.7. The minimum absolute atomic E-state index is 0.169. The molecule has 0 spiro atoms. The van der Waals surface area contributed by atoms with E-state index in [1.807, 2.05) is 6.92 Å². The number of nitrogens with zero attached hydrogens (tertiary/aromatic N) is 1. The molecule has 0 aromatic heterocycles. The summed E-state index contributed by atoms with van der Waals surface area (Å²) >= 11 is 0. The third-order valence-electron chi connectivity index (χ3n) is 2.38. The number of benzene rings is 1. The molecule has 0 heterocycles. The lowest BCUT2D eigenvalue weighted by atomic mass is 10.1. The lowest BCUT2D eigenvalue weighted by Gasteiger charge is -2.14. The second kappa shape index (κ2) is 5.68. The zero-order valence-electron chi connectivity index (χ0n) is 9.71. The topological polar surface area (TPSA) is 92.5 Å². The molecule has 0 radical (unpaired) electrons. The highest BCUT2D eigenvalue weighted by Gasteiger charge is 2.17. The fourth-order valence-corrected chi connectivity index (χ4v) is 1.40. The van der Waals surface area contributed by atoms with Crippen LogP contribution in [-0.2, 0) is 0 Å². The minimum atomic E-state index is -1.24. The van der Waals surface area contributed by atoms with E-state index in [0.717, 1.165) is 6.07 Å². The average molecular weight is 248 g/mol. The molecule has 2 N–H and O–H groups in total. The largest absolute Gasteiger partial charge is 0.478 e. The van der Waals surface area contributed by atoms with Crippen molar-refractivity contribution in [3.05, 3.63) is 33.9 Å². The molecule has 1 aromatic carbocycles. The van der Waals surface area contributed by atoms with Crippen LogP contribution in [0.25, 0.3) is 0 Å². The quantitative estimate of drug-likeness (QED) is 0.473. The molecular weight excluding hydrogens is 236 g/mol. The first kappa shape index (κ1) is 13.5. The van der Waals surface area contributed by atoms with Crippen LogP contribution in [0.15, 0.2) is 18.2 Å². The van der Waals surface area contributed by atoms with Crippen LogP contribution >= 0.6 is 0 Å². The molecule has 0 amide bonds. The lowest BCUT2D eigenvalue weighted by molar-refractivity contribution is -0.384. The van der Waals surface area contributed by atoms with Gasteiger partial charge in [0.15, 0.2) is 0 Å². The molecular formula is C12H12N2O4. The maximum atomic E-state index is 11.0. The van der Waals surface area contributed by atoms with E-state index in [0.29, 0.717) is 6.42 Å². The van der Waals surface area contributed by atoms with Crippen molar-refractivity contribution in [3.8, 4) is 12.3 Å². The number of nitrogens with one attached hydrogen (secondary N) is 1. The van der Waals surface area contributed by atoms with E-state index in [-0.39, 0.29) is 23.0 Å². The Balaban J connectivity index is 3.16. The number of anilines is 1. The van der Waals surface area contributed by atoms with E-state index in [2.05, 4.69) is 11.2 Å². The highest BCUT2D eigenvalue weighted by Crippen LogP contribution is 2.23.